The van der Waals surface area contributed by atoms with E-state index in [2.05, 4.69) is 21.2 Å². The van der Waals surface area contributed by atoms with Gasteiger partial charge in [0.05, 0.1) is 6.54 Å². The Morgan fingerprint density at radius 1 is 1.40 bits per heavy atom. The molecule has 0 aliphatic heterocycles. The number of nitrogens with one attached hydrogen (secondary N) is 1. The summed E-state index contributed by atoms with van der Waals surface area (Å²) in [4.78, 5) is 36.2. The smallest absolute Gasteiger partial charge is 0.331 e. The van der Waals surface area contributed by atoms with E-state index in [0.29, 0.717) is 4.47 Å². The number of hydrogen-bond donors (Lipinski definition) is 1. The molecule has 0 aromatic heterocycles. The molecule has 25 heavy (non-hydrogen) atoms. The highest BCUT2D eigenvalue weighted by Crippen LogP contribution is 2.18. The number of hydrogen-bond acceptors (Lipinski definition) is 4. The maximum absolute atomic E-state index is 13.5. The second-order valence-electron chi connectivity index (χ2n) is 5.70. The first-order valence-corrected chi connectivity index (χ1v) is 8.47. The summed E-state index contributed by atoms with van der Waals surface area (Å²) in [6.45, 7) is -0.580. The minimum atomic E-state index is -0.774. The molecule has 1 aromatic carbocycles. The van der Waals surface area contributed by atoms with Gasteiger partial charge in [0.25, 0.3) is 5.91 Å². The number of esters is 1. The monoisotopic (exact) mass is 412 g/mol. The van der Waals surface area contributed by atoms with E-state index in [0.717, 1.165) is 18.9 Å². The third kappa shape index (κ3) is 6.66. The fourth-order valence-corrected chi connectivity index (χ4v) is 2.27. The molecule has 0 atom stereocenters. The van der Waals surface area contributed by atoms with Crippen molar-refractivity contribution in [2.75, 3.05) is 20.2 Å². The third-order valence-corrected chi connectivity index (χ3v) is 3.94. The van der Waals surface area contributed by atoms with Gasteiger partial charge in [0, 0.05) is 29.2 Å². The number of ether oxygens (including phenoxy) is 1. The van der Waals surface area contributed by atoms with E-state index in [9.17, 15) is 18.8 Å². The van der Waals surface area contributed by atoms with Gasteiger partial charge in [-0.15, -0.1) is 0 Å². The molecule has 1 aliphatic carbocycles. The molecular formula is C17H18BrFN2O4. The van der Waals surface area contributed by atoms with E-state index >= 15 is 0 Å². The number of amides is 2. The Morgan fingerprint density at radius 3 is 2.80 bits per heavy atom. The normalized spacial score (nSPS) is 13.6. The average molecular weight is 413 g/mol. The van der Waals surface area contributed by atoms with Gasteiger partial charge in [-0.2, -0.15) is 0 Å². The van der Waals surface area contributed by atoms with Crippen LogP contribution in [0.25, 0.3) is 6.08 Å². The Kier molecular flexibility index (Phi) is 6.69. The molecule has 0 spiro atoms. The SMILES string of the molecule is CN(CC(=O)NC1CC1)C(=O)COC(=O)/C=C/c1cc(Br)ccc1F. The molecule has 0 unspecified atom stereocenters. The second kappa shape index (κ2) is 8.75. The van der Waals surface area contributed by atoms with Crippen LogP contribution in [-0.4, -0.2) is 48.9 Å². The van der Waals surface area contributed by atoms with E-state index in [-0.39, 0.29) is 24.1 Å². The van der Waals surface area contributed by atoms with Crippen molar-refractivity contribution in [2.24, 2.45) is 0 Å². The summed E-state index contributed by atoms with van der Waals surface area (Å²) in [7, 11) is 1.45. The minimum Gasteiger partial charge on any atom is -0.452 e. The van der Waals surface area contributed by atoms with Crippen molar-refractivity contribution in [3.05, 3.63) is 40.1 Å². The predicted octanol–water partition coefficient (Wildman–Crippen LogP) is 1.88. The van der Waals surface area contributed by atoms with Gasteiger partial charge in [-0.1, -0.05) is 15.9 Å². The maximum Gasteiger partial charge on any atom is 0.331 e. The zero-order valence-electron chi connectivity index (χ0n) is 13.6. The molecule has 1 aromatic rings. The van der Waals surface area contributed by atoms with Crippen LogP contribution in [0.4, 0.5) is 4.39 Å². The number of benzene rings is 1. The van der Waals surface area contributed by atoms with Crippen molar-refractivity contribution in [3.8, 4) is 0 Å². The zero-order valence-corrected chi connectivity index (χ0v) is 15.2. The molecule has 2 amide bonds. The van der Waals surface area contributed by atoms with Crippen molar-refractivity contribution in [3.63, 3.8) is 0 Å². The predicted molar refractivity (Wildman–Crippen MR) is 92.9 cm³/mol. The van der Waals surface area contributed by atoms with Crippen molar-refractivity contribution in [1.29, 1.82) is 0 Å². The topological polar surface area (TPSA) is 75.7 Å². The fourth-order valence-electron chi connectivity index (χ4n) is 1.90. The number of halogens is 2. The standard InChI is InChI=1S/C17H18BrFN2O4/c1-21(9-15(22)20-13-4-5-13)16(23)10-25-17(24)7-2-11-8-12(18)3-6-14(11)19/h2-3,6-8,13H,4-5,9-10H2,1H3,(H,20,22)/b7-2+. The Balaban J connectivity index is 1.76. The highest BCUT2D eigenvalue weighted by molar-refractivity contribution is 9.10. The highest BCUT2D eigenvalue weighted by atomic mass is 79.9. The lowest BCUT2D eigenvalue weighted by Crippen LogP contribution is -2.40. The number of rotatable bonds is 7. The van der Waals surface area contributed by atoms with Crippen LogP contribution in [0.2, 0.25) is 0 Å². The van der Waals surface area contributed by atoms with Gasteiger partial charge >= 0.3 is 5.97 Å². The van der Waals surface area contributed by atoms with E-state index in [4.69, 9.17) is 4.74 Å². The lowest BCUT2D eigenvalue weighted by molar-refractivity contribution is -0.148. The van der Waals surface area contributed by atoms with Crippen molar-refractivity contribution in [1.82, 2.24) is 10.2 Å². The first kappa shape index (κ1) is 19.1. The van der Waals surface area contributed by atoms with Crippen LogP contribution in [-0.2, 0) is 19.1 Å². The van der Waals surface area contributed by atoms with E-state index in [1.165, 1.54) is 30.2 Å². The summed E-state index contributed by atoms with van der Waals surface area (Å²) in [5, 5.41) is 2.76. The van der Waals surface area contributed by atoms with E-state index in [1.54, 1.807) is 6.07 Å². The highest BCUT2D eigenvalue weighted by Gasteiger charge is 2.24. The van der Waals surface area contributed by atoms with Gasteiger partial charge in [0.15, 0.2) is 6.61 Å². The Morgan fingerprint density at radius 2 is 2.12 bits per heavy atom. The molecule has 134 valence electrons. The Bertz CT molecular complexity index is 704. The lowest BCUT2D eigenvalue weighted by atomic mass is 10.2. The molecule has 0 heterocycles. The number of carbonyl (C=O) groups excluding carboxylic acids is 3. The number of nitrogens with zero attached hydrogens (tertiary/aromatic N) is 1. The van der Waals surface area contributed by atoms with E-state index in [1.807, 2.05) is 0 Å². The Hall–Kier alpha value is -2.22. The van der Waals surface area contributed by atoms with Crippen LogP contribution in [0.3, 0.4) is 0 Å². The van der Waals surface area contributed by atoms with Crippen LogP contribution in [0.5, 0.6) is 0 Å². The van der Waals surface area contributed by atoms with Crippen LogP contribution in [0.1, 0.15) is 18.4 Å². The largest absolute Gasteiger partial charge is 0.452 e. The van der Waals surface area contributed by atoms with Gasteiger partial charge in [-0.05, 0) is 37.1 Å². The molecule has 8 heteroatoms. The molecule has 1 N–H and O–H groups in total. The lowest BCUT2D eigenvalue weighted by Gasteiger charge is -2.16. The van der Waals surface area contributed by atoms with Crippen LogP contribution in [0, 0.1) is 5.82 Å². The average Bonchev–Trinajstić information content (AvgIpc) is 3.37. The molecule has 1 aliphatic rings. The van der Waals surface area contributed by atoms with Crippen molar-refractivity contribution < 1.29 is 23.5 Å². The first-order valence-electron chi connectivity index (χ1n) is 7.68. The molecule has 1 fully saturated rings. The molecule has 0 bridgehead atoms. The molecule has 0 saturated heterocycles. The van der Waals surface area contributed by atoms with Crippen LogP contribution in [0.15, 0.2) is 28.7 Å². The van der Waals surface area contributed by atoms with Gasteiger partial charge in [0.2, 0.25) is 5.91 Å². The maximum atomic E-state index is 13.5. The summed E-state index contributed by atoms with van der Waals surface area (Å²) >= 11 is 3.21. The van der Waals surface area contributed by atoms with Crippen LogP contribution >= 0.6 is 15.9 Å². The summed E-state index contributed by atoms with van der Waals surface area (Å²) in [5.41, 5.74) is 0.214. The van der Waals surface area contributed by atoms with E-state index < -0.39 is 24.3 Å². The number of likely N-dealkylation sites (N-methyl/N-ethyl adjacent to an activating group) is 1. The Labute approximate surface area is 153 Å². The summed E-state index contributed by atoms with van der Waals surface area (Å²) in [6, 6.07) is 4.53. The first-order chi connectivity index (χ1) is 11.8. The molecule has 1 saturated carbocycles. The molecule has 6 nitrogen and oxygen atoms in total. The second-order valence-corrected chi connectivity index (χ2v) is 6.61. The van der Waals surface area contributed by atoms with Gasteiger partial charge in [0.1, 0.15) is 5.82 Å². The minimum absolute atomic E-state index is 0.0913. The molecule has 2 rings (SSSR count). The molecular weight excluding hydrogens is 395 g/mol. The zero-order chi connectivity index (χ0) is 18.4. The summed E-state index contributed by atoms with van der Waals surface area (Å²) < 4.78 is 19.0. The summed E-state index contributed by atoms with van der Waals surface area (Å²) in [6.07, 6.45) is 4.23. The summed E-state index contributed by atoms with van der Waals surface area (Å²) in [5.74, 6) is -2.00. The fraction of sp³-hybridized carbons (Fsp3) is 0.353. The quantitative estimate of drug-likeness (QED) is 0.547. The van der Waals surface area contributed by atoms with Gasteiger partial charge in [-0.3, -0.25) is 9.59 Å². The van der Waals surface area contributed by atoms with Crippen molar-refractivity contribution in [2.45, 2.75) is 18.9 Å². The number of carbonyl (C=O) groups is 3. The molecule has 0 radical (unpaired) electrons. The van der Waals surface area contributed by atoms with Gasteiger partial charge < -0.3 is 15.0 Å². The van der Waals surface area contributed by atoms with Crippen LogP contribution < -0.4 is 5.32 Å². The third-order valence-electron chi connectivity index (χ3n) is 3.44. The van der Waals surface area contributed by atoms with Gasteiger partial charge in [-0.25, -0.2) is 9.18 Å². The van der Waals surface area contributed by atoms with Crippen molar-refractivity contribution >= 4 is 39.8 Å².